The Morgan fingerprint density at radius 2 is 1.80 bits per heavy atom. The lowest BCUT2D eigenvalue weighted by Crippen LogP contribution is -2.39. The second-order valence-corrected chi connectivity index (χ2v) is 0.853. The van der Waals surface area contributed by atoms with Crippen molar-refractivity contribution < 1.29 is 0 Å². The second kappa shape index (κ2) is 2.41. The average Bonchev–Trinajstić information content (AvgIpc) is 1.38. The van der Waals surface area contributed by atoms with E-state index in [0.717, 1.165) is 0 Å². The summed E-state index contributed by atoms with van der Waals surface area (Å²) in [5.41, 5.74) is 9.65. The zero-order chi connectivity index (χ0) is 4.28. The van der Waals surface area contributed by atoms with Gasteiger partial charge in [-0.05, 0) is 11.8 Å². The van der Waals surface area contributed by atoms with Gasteiger partial charge < -0.3 is 11.5 Å². The largest absolute Gasteiger partial charge is 0.303 e. The van der Waals surface area contributed by atoms with Crippen LogP contribution in [-0.2, 0) is 0 Å². The zero-order valence-corrected chi connectivity index (χ0v) is 3.37. The fourth-order valence-corrected chi connectivity index (χ4v) is 0. The molecule has 0 radical (unpaired) electrons. The summed E-state index contributed by atoms with van der Waals surface area (Å²) in [5.74, 6) is 0. The number of halogens is 1. The molecule has 4 heteroatoms. The molecule has 0 amide bonds. The Hall–Kier alpha value is 0.170. The summed E-state index contributed by atoms with van der Waals surface area (Å²) in [6.07, 6.45) is -0.600. The van der Waals surface area contributed by atoms with E-state index in [2.05, 4.69) is 4.84 Å². The Labute approximate surface area is 35.4 Å². The molecule has 0 aromatic heterocycles. The number of hydrogen-bond acceptors (Lipinski definition) is 3. The highest BCUT2D eigenvalue weighted by Gasteiger charge is 1.78. The molecule has 0 rings (SSSR count). The van der Waals surface area contributed by atoms with Crippen LogP contribution in [0.3, 0.4) is 0 Å². The standard InChI is InChI=1S/CH6ClN3/c2-5-1(3)4/h1,5H,3-4H2. The maximum absolute atomic E-state index is 4.84. The maximum Gasteiger partial charge on any atom is 0.120 e. The first-order valence-electron chi connectivity index (χ1n) is 1.14. The van der Waals surface area contributed by atoms with Crippen LogP contribution >= 0.6 is 11.8 Å². The highest BCUT2D eigenvalue weighted by atomic mass is 35.5. The van der Waals surface area contributed by atoms with E-state index < -0.39 is 6.29 Å². The van der Waals surface area contributed by atoms with E-state index >= 15 is 0 Å². The number of rotatable bonds is 1. The molecule has 0 bridgehead atoms. The highest BCUT2D eigenvalue weighted by Crippen LogP contribution is 1.53. The first-order chi connectivity index (χ1) is 2.27. The molecule has 0 unspecified atom stereocenters. The van der Waals surface area contributed by atoms with Gasteiger partial charge in [-0.3, -0.25) is 0 Å². The third-order valence-electron chi connectivity index (χ3n) is 0.126. The Morgan fingerprint density at radius 3 is 1.80 bits per heavy atom. The molecule has 5 N–H and O–H groups in total. The van der Waals surface area contributed by atoms with E-state index in [1.807, 2.05) is 0 Å². The minimum atomic E-state index is -0.600. The van der Waals surface area contributed by atoms with Crippen molar-refractivity contribution in [3.05, 3.63) is 0 Å². The molecule has 0 heterocycles. The van der Waals surface area contributed by atoms with E-state index in [4.69, 9.17) is 23.2 Å². The molecule has 0 aliphatic carbocycles. The van der Waals surface area contributed by atoms with E-state index in [9.17, 15) is 0 Å². The predicted octanol–water partition coefficient (Wildman–Crippen LogP) is -1.07. The molecule has 0 aromatic rings. The van der Waals surface area contributed by atoms with Crippen LogP contribution in [0.4, 0.5) is 0 Å². The molecule has 0 aromatic carbocycles. The van der Waals surface area contributed by atoms with Gasteiger partial charge in [-0.2, -0.15) is 0 Å². The van der Waals surface area contributed by atoms with Gasteiger partial charge in [0.05, 0.1) is 0 Å². The molecular weight excluding hydrogens is 89.5 g/mol. The SMILES string of the molecule is NC(N)NCl. The fourth-order valence-electron chi connectivity index (χ4n) is 0. The zero-order valence-electron chi connectivity index (χ0n) is 2.61. The summed E-state index contributed by atoms with van der Waals surface area (Å²) in [4.78, 5) is 2.06. The van der Waals surface area contributed by atoms with Crippen molar-refractivity contribution in [1.29, 1.82) is 0 Å². The van der Waals surface area contributed by atoms with Gasteiger partial charge in [0, 0.05) is 0 Å². The van der Waals surface area contributed by atoms with Crippen LogP contribution in [-0.4, -0.2) is 6.29 Å². The Balaban J connectivity index is 2.54. The summed E-state index contributed by atoms with van der Waals surface area (Å²) in [6.45, 7) is 0. The average molecular weight is 95.5 g/mol. The fraction of sp³-hybridized carbons (Fsp3) is 1.00. The minimum absolute atomic E-state index is 0.600. The van der Waals surface area contributed by atoms with Gasteiger partial charge in [0.1, 0.15) is 6.29 Å². The minimum Gasteiger partial charge on any atom is -0.303 e. The number of hydrogen-bond donors (Lipinski definition) is 3. The van der Waals surface area contributed by atoms with Crippen LogP contribution in [0.15, 0.2) is 0 Å². The first-order valence-corrected chi connectivity index (χ1v) is 1.52. The third-order valence-corrected chi connectivity index (χ3v) is 0.378. The van der Waals surface area contributed by atoms with Crippen molar-refractivity contribution in [2.75, 3.05) is 0 Å². The molecular formula is CH6ClN3. The molecule has 3 nitrogen and oxygen atoms in total. The topological polar surface area (TPSA) is 64.1 Å². The van der Waals surface area contributed by atoms with Gasteiger partial charge in [-0.1, -0.05) is 0 Å². The van der Waals surface area contributed by atoms with Gasteiger partial charge in [-0.15, -0.1) is 0 Å². The van der Waals surface area contributed by atoms with Gasteiger partial charge >= 0.3 is 0 Å². The summed E-state index contributed by atoms with van der Waals surface area (Å²) in [5, 5.41) is 0. The first kappa shape index (κ1) is 5.17. The normalized spacial score (nSPS) is 9.60. The summed E-state index contributed by atoms with van der Waals surface area (Å²) < 4.78 is 0. The van der Waals surface area contributed by atoms with E-state index in [-0.39, 0.29) is 0 Å². The van der Waals surface area contributed by atoms with E-state index in [0.29, 0.717) is 0 Å². The molecule has 32 valence electrons. The van der Waals surface area contributed by atoms with Crippen molar-refractivity contribution in [2.24, 2.45) is 11.5 Å². The van der Waals surface area contributed by atoms with Crippen molar-refractivity contribution in [1.82, 2.24) is 4.84 Å². The van der Waals surface area contributed by atoms with Crippen molar-refractivity contribution in [3.63, 3.8) is 0 Å². The lowest BCUT2D eigenvalue weighted by atomic mass is 11.0. The van der Waals surface area contributed by atoms with Crippen LogP contribution in [0.2, 0.25) is 0 Å². The van der Waals surface area contributed by atoms with Crippen LogP contribution in [0.1, 0.15) is 0 Å². The Kier molecular flexibility index (Phi) is 2.49. The Morgan fingerprint density at radius 1 is 1.60 bits per heavy atom. The van der Waals surface area contributed by atoms with Crippen molar-refractivity contribution in [3.8, 4) is 0 Å². The monoisotopic (exact) mass is 95.0 g/mol. The lowest BCUT2D eigenvalue weighted by molar-refractivity contribution is 0.688. The number of nitrogens with one attached hydrogen (secondary N) is 1. The highest BCUT2D eigenvalue weighted by molar-refractivity contribution is 6.13. The smallest absolute Gasteiger partial charge is 0.120 e. The third kappa shape index (κ3) is 4.17. The summed E-state index contributed by atoms with van der Waals surface area (Å²) >= 11 is 4.84. The molecule has 5 heavy (non-hydrogen) atoms. The van der Waals surface area contributed by atoms with E-state index in [1.54, 1.807) is 0 Å². The second-order valence-electron chi connectivity index (χ2n) is 0.635. The predicted molar refractivity (Wildman–Crippen MR) is 21.2 cm³/mol. The van der Waals surface area contributed by atoms with Crippen LogP contribution in [0, 0.1) is 0 Å². The molecule has 0 spiro atoms. The summed E-state index contributed by atoms with van der Waals surface area (Å²) in [7, 11) is 0. The van der Waals surface area contributed by atoms with E-state index in [1.165, 1.54) is 0 Å². The number of nitrogens with two attached hydrogens (primary N) is 2. The lowest BCUT2D eigenvalue weighted by Gasteiger charge is -1.93. The molecule has 0 saturated carbocycles. The van der Waals surface area contributed by atoms with Gasteiger partial charge in [0.15, 0.2) is 0 Å². The molecule has 0 aliphatic heterocycles. The van der Waals surface area contributed by atoms with Gasteiger partial charge in [0.25, 0.3) is 0 Å². The maximum atomic E-state index is 4.84. The van der Waals surface area contributed by atoms with Crippen LogP contribution < -0.4 is 16.3 Å². The summed E-state index contributed by atoms with van der Waals surface area (Å²) in [6, 6.07) is 0. The quantitative estimate of drug-likeness (QED) is 0.287. The Bertz CT molecular complexity index is 20.9. The van der Waals surface area contributed by atoms with Crippen LogP contribution in [0.5, 0.6) is 0 Å². The molecule has 0 saturated heterocycles. The molecule has 0 fully saturated rings. The van der Waals surface area contributed by atoms with Crippen LogP contribution in [0.25, 0.3) is 0 Å². The molecule has 0 atom stereocenters. The van der Waals surface area contributed by atoms with Gasteiger partial charge in [0.2, 0.25) is 0 Å². The van der Waals surface area contributed by atoms with Crippen molar-refractivity contribution >= 4 is 11.8 Å². The van der Waals surface area contributed by atoms with Crippen molar-refractivity contribution in [2.45, 2.75) is 6.29 Å². The van der Waals surface area contributed by atoms with Gasteiger partial charge in [-0.25, -0.2) is 4.84 Å². The molecule has 0 aliphatic rings.